The molecule has 2 nitrogen and oxygen atoms in total. The first-order valence-electron chi connectivity index (χ1n) is 4.91. The summed E-state index contributed by atoms with van der Waals surface area (Å²) in [6.07, 6.45) is 0. The molecular formula is C12H9Cl2FN2. The fourth-order valence-electron chi connectivity index (χ4n) is 1.45. The highest BCUT2D eigenvalue weighted by Crippen LogP contribution is 2.32. The Bertz CT molecular complexity index is 541. The molecule has 1 aromatic carbocycles. The zero-order valence-electron chi connectivity index (χ0n) is 8.97. The van der Waals surface area contributed by atoms with Crippen LogP contribution in [0.15, 0.2) is 30.3 Å². The topological polar surface area (TPSA) is 24.9 Å². The van der Waals surface area contributed by atoms with Crippen LogP contribution in [0.1, 0.15) is 0 Å². The van der Waals surface area contributed by atoms with E-state index in [0.717, 1.165) is 5.56 Å². The van der Waals surface area contributed by atoms with Crippen molar-refractivity contribution in [3.63, 3.8) is 0 Å². The molecule has 17 heavy (non-hydrogen) atoms. The molecule has 1 N–H and O–H groups in total. The number of aromatic nitrogens is 1. The maximum atomic E-state index is 12.8. The third-order valence-corrected chi connectivity index (χ3v) is 2.86. The highest BCUT2D eigenvalue weighted by molar-refractivity contribution is 6.37. The van der Waals surface area contributed by atoms with Crippen LogP contribution in [-0.2, 0) is 0 Å². The average molecular weight is 271 g/mol. The molecule has 0 saturated heterocycles. The van der Waals surface area contributed by atoms with Crippen LogP contribution in [-0.4, -0.2) is 12.0 Å². The lowest BCUT2D eigenvalue weighted by Crippen LogP contribution is -1.96. The van der Waals surface area contributed by atoms with Crippen LogP contribution < -0.4 is 5.32 Å². The smallest absolute Gasteiger partial charge is 0.145 e. The molecule has 2 rings (SSSR count). The maximum Gasteiger partial charge on any atom is 0.145 e. The van der Waals surface area contributed by atoms with Gasteiger partial charge in [-0.25, -0.2) is 9.37 Å². The van der Waals surface area contributed by atoms with Crippen LogP contribution in [0, 0.1) is 5.82 Å². The van der Waals surface area contributed by atoms with Gasteiger partial charge in [0.2, 0.25) is 0 Å². The van der Waals surface area contributed by atoms with Crippen molar-refractivity contribution in [3.8, 4) is 11.3 Å². The lowest BCUT2D eigenvalue weighted by molar-refractivity contribution is 0.628. The molecular weight excluding hydrogens is 262 g/mol. The van der Waals surface area contributed by atoms with Crippen LogP contribution in [0.4, 0.5) is 10.2 Å². The average Bonchev–Trinajstić information content (AvgIpc) is 2.31. The molecule has 0 aliphatic carbocycles. The lowest BCUT2D eigenvalue weighted by Gasteiger charge is -2.08. The molecule has 0 unspecified atom stereocenters. The van der Waals surface area contributed by atoms with Gasteiger partial charge in [0.15, 0.2) is 0 Å². The first-order valence-corrected chi connectivity index (χ1v) is 5.67. The third kappa shape index (κ3) is 2.51. The molecule has 1 aromatic heterocycles. The summed E-state index contributed by atoms with van der Waals surface area (Å²) in [6.45, 7) is 0. The van der Waals surface area contributed by atoms with Gasteiger partial charge in [0.1, 0.15) is 11.6 Å². The summed E-state index contributed by atoms with van der Waals surface area (Å²) >= 11 is 12.0. The molecule has 0 bridgehead atoms. The number of benzene rings is 1. The van der Waals surface area contributed by atoms with E-state index < -0.39 is 0 Å². The molecule has 0 spiro atoms. The quantitative estimate of drug-likeness (QED) is 0.883. The van der Waals surface area contributed by atoms with Crippen LogP contribution in [0.5, 0.6) is 0 Å². The van der Waals surface area contributed by atoms with Crippen molar-refractivity contribution in [2.45, 2.75) is 0 Å². The molecule has 5 heteroatoms. The van der Waals surface area contributed by atoms with Crippen molar-refractivity contribution in [2.75, 3.05) is 12.4 Å². The summed E-state index contributed by atoms with van der Waals surface area (Å²) in [5.74, 6) is 0.239. The summed E-state index contributed by atoms with van der Waals surface area (Å²) in [7, 11) is 1.72. The molecule has 2 aromatic rings. The van der Waals surface area contributed by atoms with Gasteiger partial charge in [-0.3, -0.25) is 0 Å². The number of hydrogen-bond acceptors (Lipinski definition) is 2. The van der Waals surface area contributed by atoms with E-state index >= 15 is 0 Å². The van der Waals surface area contributed by atoms with Crippen LogP contribution in [0.25, 0.3) is 11.3 Å². The third-order valence-electron chi connectivity index (χ3n) is 2.28. The van der Waals surface area contributed by atoms with Gasteiger partial charge in [-0.15, -0.1) is 0 Å². The largest absolute Gasteiger partial charge is 0.372 e. The molecule has 1 heterocycles. The van der Waals surface area contributed by atoms with E-state index in [0.29, 0.717) is 21.6 Å². The Balaban J connectivity index is 2.55. The minimum Gasteiger partial charge on any atom is -0.372 e. The number of halogens is 3. The number of anilines is 1. The number of nitrogens with zero attached hydrogens (tertiary/aromatic N) is 1. The predicted octanol–water partition coefficient (Wildman–Crippen LogP) is 4.24. The standard InChI is InChI=1S/C12H9Cl2FN2/c1-16-12-10(14)6-9(13)11(17-12)7-2-4-8(15)5-3-7/h2-6H,1H3,(H,16,17). The number of pyridine rings is 1. The molecule has 0 radical (unpaired) electrons. The Labute approximate surface area is 108 Å². The zero-order valence-corrected chi connectivity index (χ0v) is 10.5. The van der Waals surface area contributed by atoms with Crippen molar-refractivity contribution in [3.05, 3.63) is 46.2 Å². The summed E-state index contributed by atoms with van der Waals surface area (Å²) in [5, 5.41) is 3.75. The van der Waals surface area contributed by atoms with E-state index in [4.69, 9.17) is 23.2 Å². The molecule has 0 saturated carbocycles. The van der Waals surface area contributed by atoms with Gasteiger partial charge in [0.25, 0.3) is 0 Å². The number of hydrogen-bond donors (Lipinski definition) is 1. The second-order valence-electron chi connectivity index (χ2n) is 3.41. The molecule has 88 valence electrons. The molecule has 0 fully saturated rings. The maximum absolute atomic E-state index is 12.8. The van der Waals surface area contributed by atoms with Gasteiger partial charge in [0, 0.05) is 12.6 Å². The first-order chi connectivity index (χ1) is 8.11. The fourth-order valence-corrected chi connectivity index (χ4v) is 2.01. The summed E-state index contributed by atoms with van der Waals surface area (Å²) in [5.41, 5.74) is 1.31. The van der Waals surface area contributed by atoms with Crippen molar-refractivity contribution < 1.29 is 4.39 Å². The fraction of sp³-hybridized carbons (Fsp3) is 0.0833. The van der Waals surface area contributed by atoms with E-state index in [2.05, 4.69) is 10.3 Å². The Morgan fingerprint density at radius 2 is 1.76 bits per heavy atom. The summed E-state index contributed by atoms with van der Waals surface area (Å²) < 4.78 is 12.8. The molecule has 0 aliphatic heterocycles. The van der Waals surface area contributed by atoms with E-state index in [1.54, 1.807) is 25.2 Å². The van der Waals surface area contributed by atoms with E-state index in [1.165, 1.54) is 12.1 Å². The van der Waals surface area contributed by atoms with Crippen molar-refractivity contribution in [1.82, 2.24) is 4.98 Å². The van der Waals surface area contributed by atoms with Crippen LogP contribution in [0.2, 0.25) is 10.0 Å². The predicted molar refractivity (Wildman–Crippen MR) is 69.2 cm³/mol. The van der Waals surface area contributed by atoms with Crippen LogP contribution in [0.3, 0.4) is 0 Å². The van der Waals surface area contributed by atoms with Gasteiger partial charge in [0.05, 0.1) is 15.7 Å². The highest BCUT2D eigenvalue weighted by atomic mass is 35.5. The number of nitrogens with one attached hydrogen (secondary N) is 1. The second-order valence-corrected chi connectivity index (χ2v) is 4.22. The molecule has 0 aliphatic rings. The van der Waals surface area contributed by atoms with E-state index in [9.17, 15) is 4.39 Å². The van der Waals surface area contributed by atoms with Gasteiger partial charge >= 0.3 is 0 Å². The summed E-state index contributed by atoms with van der Waals surface area (Å²) in [4.78, 5) is 4.29. The van der Waals surface area contributed by atoms with Crippen molar-refractivity contribution in [2.24, 2.45) is 0 Å². The van der Waals surface area contributed by atoms with E-state index in [-0.39, 0.29) is 5.82 Å². The molecule has 0 atom stereocenters. The highest BCUT2D eigenvalue weighted by Gasteiger charge is 2.10. The number of rotatable bonds is 2. The lowest BCUT2D eigenvalue weighted by atomic mass is 10.1. The van der Waals surface area contributed by atoms with E-state index in [1.807, 2.05) is 0 Å². The molecule has 0 amide bonds. The first kappa shape index (κ1) is 12.1. The Morgan fingerprint density at radius 3 is 2.35 bits per heavy atom. The minimum absolute atomic E-state index is 0.298. The Morgan fingerprint density at radius 1 is 1.12 bits per heavy atom. The zero-order chi connectivity index (χ0) is 12.4. The van der Waals surface area contributed by atoms with Gasteiger partial charge < -0.3 is 5.32 Å². The second kappa shape index (κ2) is 4.90. The van der Waals surface area contributed by atoms with Crippen molar-refractivity contribution in [1.29, 1.82) is 0 Å². The Hall–Kier alpha value is -1.32. The van der Waals surface area contributed by atoms with Crippen molar-refractivity contribution >= 4 is 29.0 Å². The van der Waals surface area contributed by atoms with Gasteiger partial charge in [-0.2, -0.15) is 0 Å². The normalized spacial score (nSPS) is 10.4. The van der Waals surface area contributed by atoms with Gasteiger partial charge in [-0.05, 0) is 30.3 Å². The monoisotopic (exact) mass is 270 g/mol. The SMILES string of the molecule is CNc1nc(-c2ccc(F)cc2)c(Cl)cc1Cl. The van der Waals surface area contributed by atoms with Gasteiger partial charge in [-0.1, -0.05) is 23.2 Å². The minimum atomic E-state index is -0.298. The Kier molecular flexibility index (Phi) is 3.50. The summed E-state index contributed by atoms with van der Waals surface area (Å²) in [6, 6.07) is 7.58. The van der Waals surface area contributed by atoms with Crippen LogP contribution >= 0.6 is 23.2 Å².